The maximum atomic E-state index is 13.6. The average molecular weight is 467 g/mol. The van der Waals surface area contributed by atoms with Crippen LogP contribution in [0, 0.1) is 5.92 Å². The second-order valence-electron chi connectivity index (χ2n) is 7.22. The molecule has 1 aliphatic carbocycles. The number of carbonyl (C=O) groups excluding carboxylic acids is 1. The number of alkyl halides is 5. The first-order valence-corrected chi connectivity index (χ1v) is 9.89. The van der Waals surface area contributed by atoms with Gasteiger partial charge in [0, 0.05) is 19.0 Å². The summed E-state index contributed by atoms with van der Waals surface area (Å²) in [7, 11) is 0. The molecule has 162 valence electrons. The molecule has 3 rings (SSSR count). The summed E-state index contributed by atoms with van der Waals surface area (Å²) in [6, 6.07) is 5.67. The number of aromatic nitrogens is 1. The normalized spacial score (nSPS) is 18.1. The van der Waals surface area contributed by atoms with Crippen molar-refractivity contribution in [3.8, 4) is 0 Å². The number of halogens is 7. The van der Waals surface area contributed by atoms with Gasteiger partial charge >= 0.3 is 6.18 Å². The monoisotopic (exact) mass is 466 g/mol. The first-order valence-electron chi connectivity index (χ1n) is 9.14. The summed E-state index contributed by atoms with van der Waals surface area (Å²) in [5, 5.41) is 2.91. The van der Waals surface area contributed by atoms with Gasteiger partial charge in [-0.05, 0) is 42.5 Å². The number of carbonyl (C=O) groups is 1. The van der Waals surface area contributed by atoms with Gasteiger partial charge in [-0.1, -0.05) is 35.3 Å². The molecule has 1 atom stereocenters. The Morgan fingerprint density at radius 3 is 2.37 bits per heavy atom. The van der Waals surface area contributed by atoms with Crippen LogP contribution in [-0.2, 0) is 6.18 Å². The molecule has 1 aliphatic rings. The summed E-state index contributed by atoms with van der Waals surface area (Å²) in [6.45, 7) is 0. The molecule has 3 nitrogen and oxygen atoms in total. The highest BCUT2D eigenvalue weighted by Gasteiger charge is 2.39. The van der Waals surface area contributed by atoms with E-state index < -0.39 is 35.7 Å². The third-order valence-corrected chi connectivity index (χ3v) is 5.97. The molecular weight excluding hydrogens is 450 g/mol. The molecular formula is C20H17Cl2F5N2O. The van der Waals surface area contributed by atoms with Gasteiger partial charge in [-0.15, -0.1) is 0 Å². The minimum Gasteiger partial charge on any atom is -0.345 e. The topological polar surface area (TPSA) is 42.0 Å². The summed E-state index contributed by atoms with van der Waals surface area (Å²) in [4.78, 5) is 16.2. The zero-order chi connectivity index (χ0) is 22.1. The molecule has 1 aromatic carbocycles. The van der Waals surface area contributed by atoms with Gasteiger partial charge in [0.1, 0.15) is 5.69 Å². The highest BCUT2D eigenvalue weighted by atomic mass is 35.5. The van der Waals surface area contributed by atoms with Crippen LogP contribution < -0.4 is 5.32 Å². The fourth-order valence-electron chi connectivity index (χ4n) is 3.52. The molecule has 1 fully saturated rings. The molecule has 1 heterocycles. The van der Waals surface area contributed by atoms with Gasteiger partial charge in [0.2, 0.25) is 5.92 Å². The molecule has 0 bridgehead atoms. The van der Waals surface area contributed by atoms with Crippen molar-refractivity contribution in [3.05, 3.63) is 63.4 Å². The summed E-state index contributed by atoms with van der Waals surface area (Å²) in [5.41, 5.74) is -0.704. The van der Waals surface area contributed by atoms with Crippen molar-refractivity contribution < 1.29 is 26.7 Å². The van der Waals surface area contributed by atoms with Crippen LogP contribution in [0.4, 0.5) is 22.0 Å². The Kier molecular flexibility index (Phi) is 6.57. The number of benzene rings is 1. The lowest BCUT2D eigenvalue weighted by molar-refractivity contribution is -0.141. The van der Waals surface area contributed by atoms with Crippen molar-refractivity contribution in [1.82, 2.24) is 10.3 Å². The Hall–Kier alpha value is -1.93. The number of amides is 1. The lowest BCUT2D eigenvalue weighted by atomic mass is 9.79. The molecule has 1 aromatic heterocycles. The maximum absolute atomic E-state index is 13.6. The van der Waals surface area contributed by atoms with E-state index in [1.54, 1.807) is 0 Å². The van der Waals surface area contributed by atoms with Crippen LogP contribution >= 0.6 is 23.2 Å². The number of hydrogen-bond donors (Lipinski definition) is 1. The number of hydrogen-bond acceptors (Lipinski definition) is 2. The predicted molar refractivity (Wildman–Crippen MR) is 103 cm³/mol. The SMILES string of the molecule is O=C(NC(c1ccc(C(F)(F)F)nc1)C1CCC(F)(F)CC1)c1cccc(Cl)c1Cl. The Morgan fingerprint density at radius 1 is 1.13 bits per heavy atom. The minimum absolute atomic E-state index is 0.0242. The van der Waals surface area contributed by atoms with E-state index in [4.69, 9.17) is 23.2 Å². The van der Waals surface area contributed by atoms with Gasteiger partial charge in [-0.3, -0.25) is 9.78 Å². The molecule has 0 aliphatic heterocycles. The van der Waals surface area contributed by atoms with Gasteiger partial charge in [-0.25, -0.2) is 8.78 Å². The third-order valence-electron chi connectivity index (χ3n) is 5.15. The highest BCUT2D eigenvalue weighted by molar-refractivity contribution is 6.43. The van der Waals surface area contributed by atoms with Crippen LogP contribution in [0.25, 0.3) is 0 Å². The molecule has 1 amide bonds. The van der Waals surface area contributed by atoms with E-state index in [0.29, 0.717) is 5.56 Å². The predicted octanol–water partition coefficient (Wildman–Crippen LogP) is 6.70. The molecule has 0 radical (unpaired) electrons. The van der Waals surface area contributed by atoms with E-state index in [2.05, 4.69) is 10.3 Å². The van der Waals surface area contributed by atoms with Crippen molar-refractivity contribution >= 4 is 29.1 Å². The van der Waals surface area contributed by atoms with Crippen molar-refractivity contribution in [2.45, 2.75) is 43.8 Å². The summed E-state index contributed by atoms with van der Waals surface area (Å²) >= 11 is 12.0. The van der Waals surface area contributed by atoms with Gasteiger partial charge in [0.25, 0.3) is 5.91 Å². The Balaban J connectivity index is 1.90. The zero-order valence-electron chi connectivity index (χ0n) is 15.4. The molecule has 10 heteroatoms. The van der Waals surface area contributed by atoms with Crippen LogP contribution in [-0.4, -0.2) is 16.8 Å². The Morgan fingerprint density at radius 2 is 1.80 bits per heavy atom. The zero-order valence-corrected chi connectivity index (χ0v) is 17.0. The molecule has 0 spiro atoms. The van der Waals surface area contributed by atoms with Gasteiger partial charge < -0.3 is 5.32 Å². The smallest absolute Gasteiger partial charge is 0.345 e. The van der Waals surface area contributed by atoms with Crippen LogP contribution in [0.2, 0.25) is 10.0 Å². The quantitative estimate of drug-likeness (QED) is 0.509. The van der Waals surface area contributed by atoms with E-state index in [9.17, 15) is 26.7 Å². The molecule has 1 saturated carbocycles. The largest absolute Gasteiger partial charge is 0.433 e. The van der Waals surface area contributed by atoms with Gasteiger partial charge in [0.05, 0.1) is 21.7 Å². The van der Waals surface area contributed by atoms with Crippen LogP contribution in [0.3, 0.4) is 0 Å². The highest BCUT2D eigenvalue weighted by Crippen LogP contribution is 2.42. The van der Waals surface area contributed by atoms with E-state index in [-0.39, 0.29) is 41.3 Å². The van der Waals surface area contributed by atoms with E-state index >= 15 is 0 Å². The first-order chi connectivity index (χ1) is 14.0. The number of nitrogens with zero attached hydrogens (tertiary/aromatic N) is 1. The Bertz CT molecular complexity index is 908. The van der Waals surface area contributed by atoms with Crippen molar-refractivity contribution in [3.63, 3.8) is 0 Å². The third kappa shape index (κ3) is 5.21. The molecule has 1 N–H and O–H groups in total. The van der Waals surface area contributed by atoms with E-state index in [1.165, 1.54) is 24.3 Å². The van der Waals surface area contributed by atoms with Crippen molar-refractivity contribution in [1.29, 1.82) is 0 Å². The number of rotatable bonds is 4. The van der Waals surface area contributed by atoms with Crippen LogP contribution in [0.5, 0.6) is 0 Å². The summed E-state index contributed by atoms with van der Waals surface area (Å²) in [5.74, 6) is -3.80. The number of nitrogens with one attached hydrogen (secondary N) is 1. The second kappa shape index (κ2) is 8.67. The Labute approximate surface area is 179 Å². The van der Waals surface area contributed by atoms with Crippen LogP contribution in [0.1, 0.15) is 53.3 Å². The molecule has 0 saturated heterocycles. The maximum Gasteiger partial charge on any atom is 0.433 e. The fraction of sp³-hybridized carbons (Fsp3) is 0.400. The number of pyridine rings is 1. The summed E-state index contributed by atoms with van der Waals surface area (Å²) < 4.78 is 65.7. The summed E-state index contributed by atoms with van der Waals surface area (Å²) in [6.07, 6.45) is -4.13. The lowest BCUT2D eigenvalue weighted by Crippen LogP contribution is -2.37. The fourth-order valence-corrected chi connectivity index (χ4v) is 3.91. The lowest BCUT2D eigenvalue weighted by Gasteiger charge is -2.34. The molecule has 30 heavy (non-hydrogen) atoms. The molecule has 2 aromatic rings. The standard InChI is InChI=1S/C20H17Cl2F5N2O/c21-14-3-1-2-13(16(14)22)18(30)29-17(11-6-8-19(23,24)9-7-11)12-4-5-15(28-10-12)20(25,26)27/h1-5,10-11,17H,6-9H2,(H,29,30). The van der Waals surface area contributed by atoms with Crippen molar-refractivity contribution in [2.24, 2.45) is 5.92 Å². The minimum atomic E-state index is -4.61. The van der Waals surface area contributed by atoms with Gasteiger partial charge in [-0.2, -0.15) is 13.2 Å². The average Bonchev–Trinajstić information content (AvgIpc) is 2.68. The van der Waals surface area contributed by atoms with Crippen molar-refractivity contribution in [2.75, 3.05) is 0 Å². The van der Waals surface area contributed by atoms with Gasteiger partial charge in [0.15, 0.2) is 0 Å². The first kappa shape index (κ1) is 22.7. The van der Waals surface area contributed by atoms with Crippen LogP contribution in [0.15, 0.2) is 36.5 Å². The second-order valence-corrected chi connectivity index (χ2v) is 8.01. The van der Waals surface area contributed by atoms with E-state index in [0.717, 1.165) is 12.3 Å². The molecule has 1 unspecified atom stereocenters. The van der Waals surface area contributed by atoms with E-state index in [1.807, 2.05) is 0 Å².